The third-order valence-corrected chi connectivity index (χ3v) is 2.98. The van der Waals surface area contributed by atoms with E-state index in [1.807, 2.05) is 25.2 Å². The maximum absolute atomic E-state index is 5.81. The van der Waals surface area contributed by atoms with Crippen LogP contribution in [0.3, 0.4) is 0 Å². The highest BCUT2D eigenvalue weighted by molar-refractivity contribution is 5.50. The SMILES string of the molecule is CNc1ncnc(OCCc2ccccn2)c1C(C)C. The second kappa shape index (κ2) is 6.84. The Balaban J connectivity index is 2.06. The molecule has 0 bridgehead atoms. The number of aromatic nitrogens is 3. The van der Waals surface area contributed by atoms with Gasteiger partial charge in [0.15, 0.2) is 0 Å². The highest BCUT2D eigenvalue weighted by Crippen LogP contribution is 2.29. The van der Waals surface area contributed by atoms with Crippen molar-refractivity contribution in [1.82, 2.24) is 15.0 Å². The molecule has 5 nitrogen and oxygen atoms in total. The van der Waals surface area contributed by atoms with Crippen LogP contribution in [0.2, 0.25) is 0 Å². The smallest absolute Gasteiger partial charge is 0.222 e. The lowest BCUT2D eigenvalue weighted by Gasteiger charge is -2.15. The Bertz CT molecular complexity index is 543. The Hall–Kier alpha value is -2.17. The molecule has 0 atom stereocenters. The first kappa shape index (κ1) is 14.2. The summed E-state index contributed by atoms with van der Waals surface area (Å²) in [7, 11) is 1.85. The predicted molar refractivity (Wildman–Crippen MR) is 79.1 cm³/mol. The molecule has 0 radical (unpaired) electrons. The fraction of sp³-hybridized carbons (Fsp3) is 0.400. The zero-order valence-electron chi connectivity index (χ0n) is 12.1. The molecule has 0 saturated heterocycles. The first-order chi connectivity index (χ1) is 9.72. The van der Waals surface area contributed by atoms with Crippen molar-refractivity contribution < 1.29 is 4.74 Å². The maximum atomic E-state index is 5.81. The van der Waals surface area contributed by atoms with E-state index in [9.17, 15) is 0 Å². The first-order valence-corrected chi connectivity index (χ1v) is 6.77. The summed E-state index contributed by atoms with van der Waals surface area (Å²) in [6.45, 7) is 4.76. The second-order valence-corrected chi connectivity index (χ2v) is 4.77. The van der Waals surface area contributed by atoms with Gasteiger partial charge in [0.25, 0.3) is 0 Å². The number of hydrogen-bond donors (Lipinski definition) is 1. The van der Waals surface area contributed by atoms with Crippen LogP contribution in [0.15, 0.2) is 30.7 Å². The average Bonchev–Trinajstić information content (AvgIpc) is 2.47. The number of hydrogen-bond acceptors (Lipinski definition) is 5. The van der Waals surface area contributed by atoms with Gasteiger partial charge < -0.3 is 10.1 Å². The van der Waals surface area contributed by atoms with Crippen molar-refractivity contribution in [3.8, 4) is 5.88 Å². The van der Waals surface area contributed by atoms with Crippen molar-refractivity contribution in [1.29, 1.82) is 0 Å². The quantitative estimate of drug-likeness (QED) is 0.876. The summed E-state index contributed by atoms with van der Waals surface area (Å²) in [6.07, 6.45) is 4.07. The fourth-order valence-electron chi connectivity index (χ4n) is 2.01. The second-order valence-electron chi connectivity index (χ2n) is 4.77. The van der Waals surface area contributed by atoms with Crippen LogP contribution in [-0.4, -0.2) is 28.6 Å². The summed E-state index contributed by atoms with van der Waals surface area (Å²) in [5.41, 5.74) is 2.03. The molecular weight excluding hydrogens is 252 g/mol. The summed E-state index contributed by atoms with van der Waals surface area (Å²) in [4.78, 5) is 12.8. The summed E-state index contributed by atoms with van der Waals surface area (Å²) in [6, 6.07) is 5.88. The van der Waals surface area contributed by atoms with Crippen molar-refractivity contribution >= 4 is 5.82 Å². The number of nitrogens with zero attached hydrogens (tertiary/aromatic N) is 3. The van der Waals surface area contributed by atoms with Gasteiger partial charge in [0.05, 0.1) is 12.2 Å². The molecule has 0 aliphatic carbocycles. The van der Waals surface area contributed by atoms with E-state index in [2.05, 4.69) is 34.1 Å². The Morgan fingerprint density at radius 2 is 2.05 bits per heavy atom. The highest BCUT2D eigenvalue weighted by atomic mass is 16.5. The van der Waals surface area contributed by atoms with Gasteiger partial charge in [0.1, 0.15) is 12.1 Å². The average molecular weight is 272 g/mol. The molecule has 0 aromatic carbocycles. The van der Waals surface area contributed by atoms with Gasteiger partial charge in [-0.15, -0.1) is 0 Å². The van der Waals surface area contributed by atoms with Gasteiger partial charge in [-0.05, 0) is 18.1 Å². The summed E-state index contributed by atoms with van der Waals surface area (Å²) < 4.78 is 5.81. The maximum Gasteiger partial charge on any atom is 0.222 e. The molecule has 2 heterocycles. The third-order valence-electron chi connectivity index (χ3n) is 2.98. The minimum Gasteiger partial charge on any atom is -0.477 e. The first-order valence-electron chi connectivity index (χ1n) is 6.77. The zero-order valence-corrected chi connectivity index (χ0v) is 12.1. The number of ether oxygens (including phenoxy) is 1. The Morgan fingerprint density at radius 3 is 2.70 bits per heavy atom. The third kappa shape index (κ3) is 3.44. The Labute approximate surface area is 119 Å². The molecule has 106 valence electrons. The van der Waals surface area contributed by atoms with E-state index in [0.29, 0.717) is 18.4 Å². The molecule has 0 amide bonds. The topological polar surface area (TPSA) is 59.9 Å². The largest absolute Gasteiger partial charge is 0.477 e. The normalized spacial score (nSPS) is 10.6. The van der Waals surface area contributed by atoms with Gasteiger partial charge in [-0.25, -0.2) is 9.97 Å². The fourth-order valence-corrected chi connectivity index (χ4v) is 2.01. The molecule has 0 fully saturated rings. The van der Waals surface area contributed by atoms with E-state index >= 15 is 0 Å². The lowest BCUT2D eigenvalue weighted by molar-refractivity contribution is 0.303. The van der Waals surface area contributed by atoms with Crippen molar-refractivity contribution in [2.75, 3.05) is 19.0 Å². The van der Waals surface area contributed by atoms with Gasteiger partial charge >= 0.3 is 0 Å². The lowest BCUT2D eigenvalue weighted by atomic mass is 10.1. The molecule has 1 N–H and O–H groups in total. The molecular formula is C15H20N4O. The lowest BCUT2D eigenvalue weighted by Crippen LogP contribution is -2.09. The van der Waals surface area contributed by atoms with Gasteiger partial charge in [0.2, 0.25) is 5.88 Å². The van der Waals surface area contributed by atoms with Gasteiger partial charge in [-0.1, -0.05) is 19.9 Å². The molecule has 0 aliphatic heterocycles. The summed E-state index contributed by atoms with van der Waals surface area (Å²) in [5.74, 6) is 1.77. The summed E-state index contributed by atoms with van der Waals surface area (Å²) >= 11 is 0. The standard InChI is InChI=1S/C15H20N4O/c1-11(2)13-14(16-3)18-10-19-15(13)20-9-7-12-6-4-5-8-17-12/h4-6,8,10-11H,7,9H2,1-3H3,(H,16,18,19). The van der Waals surface area contributed by atoms with Crippen LogP contribution >= 0.6 is 0 Å². The minimum absolute atomic E-state index is 0.295. The van der Waals surface area contributed by atoms with Crippen molar-refractivity contribution in [3.05, 3.63) is 42.0 Å². The van der Waals surface area contributed by atoms with Crippen LogP contribution < -0.4 is 10.1 Å². The van der Waals surface area contributed by atoms with Crippen LogP contribution in [0.5, 0.6) is 5.88 Å². The molecule has 0 spiro atoms. The number of rotatable bonds is 6. The van der Waals surface area contributed by atoms with Gasteiger partial charge in [0, 0.05) is 25.4 Å². The molecule has 0 saturated carbocycles. The van der Waals surface area contributed by atoms with Crippen molar-refractivity contribution in [2.45, 2.75) is 26.2 Å². The van der Waals surface area contributed by atoms with Crippen LogP contribution in [-0.2, 0) is 6.42 Å². The van der Waals surface area contributed by atoms with Gasteiger partial charge in [-0.3, -0.25) is 4.98 Å². The zero-order chi connectivity index (χ0) is 14.4. The predicted octanol–water partition coefficient (Wildman–Crippen LogP) is 2.66. The monoisotopic (exact) mass is 272 g/mol. The van der Waals surface area contributed by atoms with Crippen LogP contribution in [0, 0.1) is 0 Å². The Kier molecular flexibility index (Phi) is 4.87. The van der Waals surface area contributed by atoms with E-state index in [4.69, 9.17) is 4.74 Å². The van der Waals surface area contributed by atoms with Crippen LogP contribution in [0.1, 0.15) is 31.0 Å². The molecule has 2 rings (SSSR count). The van der Waals surface area contributed by atoms with Crippen molar-refractivity contribution in [2.24, 2.45) is 0 Å². The number of anilines is 1. The molecule has 5 heteroatoms. The molecule has 0 aliphatic rings. The molecule has 2 aromatic heterocycles. The minimum atomic E-state index is 0.295. The van der Waals surface area contributed by atoms with Crippen molar-refractivity contribution in [3.63, 3.8) is 0 Å². The van der Waals surface area contributed by atoms with E-state index in [0.717, 1.165) is 23.5 Å². The summed E-state index contributed by atoms with van der Waals surface area (Å²) in [5, 5.41) is 3.08. The van der Waals surface area contributed by atoms with E-state index in [-0.39, 0.29) is 0 Å². The van der Waals surface area contributed by atoms with Crippen LogP contribution in [0.4, 0.5) is 5.82 Å². The van der Waals surface area contributed by atoms with E-state index in [1.54, 1.807) is 6.20 Å². The van der Waals surface area contributed by atoms with Crippen LogP contribution in [0.25, 0.3) is 0 Å². The molecule has 0 unspecified atom stereocenters. The van der Waals surface area contributed by atoms with E-state index < -0.39 is 0 Å². The molecule has 2 aromatic rings. The van der Waals surface area contributed by atoms with Gasteiger partial charge in [-0.2, -0.15) is 0 Å². The Morgan fingerprint density at radius 1 is 1.20 bits per heavy atom. The number of pyridine rings is 1. The number of nitrogens with one attached hydrogen (secondary N) is 1. The molecule has 20 heavy (non-hydrogen) atoms. The van der Waals surface area contributed by atoms with E-state index in [1.165, 1.54) is 6.33 Å². The highest BCUT2D eigenvalue weighted by Gasteiger charge is 2.15.